The zero-order valence-corrected chi connectivity index (χ0v) is 13.2. The second-order valence-electron chi connectivity index (χ2n) is 5.28. The van der Waals surface area contributed by atoms with Crippen LogP contribution in [0, 0.1) is 13.8 Å². The third-order valence-corrected chi connectivity index (χ3v) is 3.83. The summed E-state index contributed by atoms with van der Waals surface area (Å²) in [6.45, 7) is 4.61. The molecule has 22 heavy (non-hydrogen) atoms. The van der Waals surface area contributed by atoms with E-state index in [0.717, 1.165) is 5.69 Å². The highest BCUT2D eigenvalue weighted by molar-refractivity contribution is 6.30. The van der Waals surface area contributed by atoms with Gasteiger partial charge in [-0.1, -0.05) is 29.8 Å². The number of benzene rings is 1. The Labute approximate surface area is 133 Å². The third kappa shape index (κ3) is 2.83. The van der Waals surface area contributed by atoms with Gasteiger partial charge in [-0.15, -0.1) is 0 Å². The monoisotopic (exact) mass is 313 g/mol. The Balaban J connectivity index is 1.92. The lowest BCUT2D eigenvalue weighted by Crippen LogP contribution is -2.17. The molecule has 1 N–H and O–H groups in total. The van der Waals surface area contributed by atoms with E-state index in [1.165, 1.54) is 21.6 Å². The van der Waals surface area contributed by atoms with Gasteiger partial charge >= 0.3 is 0 Å². The summed E-state index contributed by atoms with van der Waals surface area (Å²) in [6, 6.07) is 11.1. The van der Waals surface area contributed by atoms with Crippen LogP contribution in [0.2, 0.25) is 5.02 Å². The van der Waals surface area contributed by atoms with Crippen molar-refractivity contribution >= 4 is 22.9 Å². The van der Waals surface area contributed by atoms with Crippen molar-refractivity contribution in [2.75, 3.05) is 5.32 Å². The minimum absolute atomic E-state index is 0.134. The predicted molar refractivity (Wildman–Crippen MR) is 89.7 cm³/mol. The number of aromatic nitrogens is 2. The molecule has 0 radical (unpaired) electrons. The number of anilines is 1. The summed E-state index contributed by atoms with van der Waals surface area (Å²) in [5.74, 6) is 0. The number of halogens is 1. The van der Waals surface area contributed by atoms with E-state index in [9.17, 15) is 4.79 Å². The summed E-state index contributed by atoms with van der Waals surface area (Å²) >= 11 is 5.91. The molecule has 0 saturated carbocycles. The molecule has 0 aliphatic carbocycles. The SMILES string of the molecule is Cc1cccc(C)c1NCc1cc(=O)n2cc(Cl)ccc2n1. The Bertz CT molecular complexity index is 882. The van der Waals surface area contributed by atoms with Crippen LogP contribution in [-0.2, 0) is 6.54 Å². The highest BCUT2D eigenvalue weighted by atomic mass is 35.5. The molecule has 0 amide bonds. The summed E-state index contributed by atoms with van der Waals surface area (Å²) in [4.78, 5) is 16.6. The maximum Gasteiger partial charge on any atom is 0.258 e. The molecule has 2 aromatic heterocycles. The zero-order valence-electron chi connectivity index (χ0n) is 12.4. The number of rotatable bonds is 3. The van der Waals surface area contributed by atoms with Gasteiger partial charge in [0, 0.05) is 18.0 Å². The summed E-state index contributed by atoms with van der Waals surface area (Å²) in [7, 11) is 0. The first-order chi connectivity index (χ1) is 10.5. The number of nitrogens with one attached hydrogen (secondary N) is 1. The molecule has 1 aromatic carbocycles. The first kappa shape index (κ1) is 14.6. The van der Waals surface area contributed by atoms with E-state index in [1.54, 1.807) is 18.3 Å². The standard InChI is InChI=1S/C17H16ClN3O/c1-11-4-3-5-12(2)17(11)19-9-14-8-16(22)21-10-13(18)6-7-15(21)20-14/h3-8,10,19H,9H2,1-2H3. The molecule has 0 unspecified atom stereocenters. The van der Waals surface area contributed by atoms with Gasteiger partial charge in [-0.2, -0.15) is 0 Å². The van der Waals surface area contributed by atoms with Crippen LogP contribution in [0.5, 0.6) is 0 Å². The van der Waals surface area contributed by atoms with Gasteiger partial charge < -0.3 is 5.32 Å². The predicted octanol–water partition coefficient (Wildman–Crippen LogP) is 3.58. The molecule has 0 saturated heterocycles. The van der Waals surface area contributed by atoms with E-state index in [4.69, 9.17) is 11.6 Å². The largest absolute Gasteiger partial charge is 0.379 e. The molecule has 0 aliphatic heterocycles. The first-order valence-corrected chi connectivity index (χ1v) is 7.40. The number of nitrogens with zero attached hydrogens (tertiary/aromatic N) is 2. The molecule has 112 valence electrons. The average Bonchev–Trinajstić information content (AvgIpc) is 2.47. The maximum absolute atomic E-state index is 12.1. The summed E-state index contributed by atoms with van der Waals surface area (Å²) in [5, 5.41) is 3.88. The van der Waals surface area contributed by atoms with Gasteiger partial charge in [-0.05, 0) is 37.1 Å². The van der Waals surface area contributed by atoms with Crippen LogP contribution in [0.25, 0.3) is 5.65 Å². The van der Waals surface area contributed by atoms with Gasteiger partial charge in [0.15, 0.2) is 0 Å². The molecule has 0 spiro atoms. The molecule has 3 aromatic rings. The molecular formula is C17H16ClN3O. The number of pyridine rings is 1. The summed E-state index contributed by atoms with van der Waals surface area (Å²) < 4.78 is 1.45. The summed E-state index contributed by atoms with van der Waals surface area (Å²) in [6.07, 6.45) is 1.58. The Morgan fingerprint density at radius 2 is 1.91 bits per heavy atom. The highest BCUT2D eigenvalue weighted by Crippen LogP contribution is 2.20. The number of aryl methyl sites for hydroxylation is 2. The van der Waals surface area contributed by atoms with Crippen molar-refractivity contribution in [3.05, 3.63) is 74.8 Å². The van der Waals surface area contributed by atoms with Crippen molar-refractivity contribution in [2.24, 2.45) is 0 Å². The lowest BCUT2D eigenvalue weighted by Gasteiger charge is -2.12. The van der Waals surface area contributed by atoms with Gasteiger partial charge in [-0.3, -0.25) is 9.20 Å². The molecule has 0 atom stereocenters. The van der Waals surface area contributed by atoms with Gasteiger partial charge in [0.05, 0.1) is 17.3 Å². The van der Waals surface area contributed by atoms with Gasteiger partial charge in [0.25, 0.3) is 5.56 Å². The minimum atomic E-state index is -0.134. The third-order valence-electron chi connectivity index (χ3n) is 3.60. The second-order valence-corrected chi connectivity index (χ2v) is 5.72. The maximum atomic E-state index is 12.1. The van der Waals surface area contributed by atoms with Crippen LogP contribution in [0.1, 0.15) is 16.8 Å². The van der Waals surface area contributed by atoms with Crippen molar-refractivity contribution in [3.63, 3.8) is 0 Å². The number of hydrogen-bond acceptors (Lipinski definition) is 3. The van der Waals surface area contributed by atoms with Crippen LogP contribution < -0.4 is 10.9 Å². The van der Waals surface area contributed by atoms with Crippen LogP contribution in [0.3, 0.4) is 0 Å². The number of para-hydroxylation sites is 1. The second kappa shape index (κ2) is 5.81. The Hall–Kier alpha value is -2.33. The van der Waals surface area contributed by atoms with Crippen molar-refractivity contribution in [1.29, 1.82) is 0 Å². The fourth-order valence-electron chi connectivity index (χ4n) is 2.49. The molecular weight excluding hydrogens is 298 g/mol. The molecule has 5 heteroatoms. The normalized spacial score (nSPS) is 10.9. The lowest BCUT2D eigenvalue weighted by atomic mass is 10.1. The molecule has 0 bridgehead atoms. The van der Waals surface area contributed by atoms with Crippen molar-refractivity contribution < 1.29 is 0 Å². The zero-order chi connectivity index (χ0) is 15.7. The van der Waals surface area contributed by atoms with Crippen LogP contribution in [0.4, 0.5) is 5.69 Å². The van der Waals surface area contributed by atoms with Gasteiger partial charge in [-0.25, -0.2) is 4.98 Å². The van der Waals surface area contributed by atoms with E-state index in [2.05, 4.69) is 36.3 Å². The number of fused-ring (bicyclic) bond motifs is 1. The Morgan fingerprint density at radius 3 is 2.64 bits per heavy atom. The average molecular weight is 314 g/mol. The van der Waals surface area contributed by atoms with E-state index in [1.807, 2.05) is 6.07 Å². The van der Waals surface area contributed by atoms with Gasteiger partial charge in [0.1, 0.15) is 5.65 Å². The first-order valence-electron chi connectivity index (χ1n) is 7.02. The van der Waals surface area contributed by atoms with Crippen molar-refractivity contribution in [3.8, 4) is 0 Å². The molecule has 4 nitrogen and oxygen atoms in total. The van der Waals surface area contributed by atoms with E-state index in [0.29, 0.717) is 22.9 Å². The van der Waals surface area contributed by atoms with Crippen molar-refractivity contribution in [1.82, 2.24) is 9.38 Å². The Kier molecular flexibility index (Phi) is 3.86. The van der Waals surface area contributed by atoms with Crippen molar-refractivity contribution in [2.45, 2.75) is 20.4 Å². The smallest absolute Gasteiger partial charge is 0.258 e. The molecule has 2 heterocycles. The van der Waals surface area contributed by atoms with Crippen LogP contribution in [0.15, 0.2) is 47.4 Å². The topological polar surface area (TPSA) is 46.4 Å². The van der Waals surface area contributed by atoms with E-state index >= 15 is 0 Å². The number of hydrogen-bond donors (Lipinski definition) is 1. The van der Waals surface area contributed by atoms with Crippen LogP contribution >= 0.6 is 11.6 Å². The quantitative estimate of drug-likeness (QED) is 0.804. The molecule has 0 fully saturated rings. The lowest BCUT2D eigenvalue weighted by molar-refractivity contribution is 0.969. The fourth-order valence-corrected chi connectivity index (χ4v) is 2.65. The highest BCUT2D eigenvalue weighted by Gasteiger charge is 2.05. The van der Waals surface area contributed by atoms with Gasteiger partial charge in [0.2, 0.25) is 0 Å². The molecule has 3 rings (SSSR count). The van der Waals surface area contributed by atoms with E-state index in [-0.39, 0.29) is 5.56 Å². The van der Waals surface area contributed by atoms with E-state index < -0.39 is 0 Å². The summed E-state index contributed by atoms with van der Waals surface area (Å²) in [5.41, 5.74) is 4.59. The minimum Gasteiger partial charge on any atom is -0.379 e. The Morgan fingerprint density at radius 1 is 1.18 bits per heavy atom. The fraction of sp³-hybridized carbons (Fsp3) is 0.176. The molecule has 0 aliphatic rings. The van der Waals surface area contributed by atoms with Crippen LogP contribution in [-0.4, -0.2) is 9.38 Å².